The van der Waals surface area contributed by atoms with Crippen molar-refractivity contribution in [2.45, 2.75) is 37.8 Å². The summed E-state index contributed by atoms with van der Waals surface area (Å²) in [6.07, 6.45) is 2.09. The van der Waals surface area contributed by atoms with Crippen LogP contribution < -0.4 is 9.47 Å². The Morgan fingerprint density at radius 3 is 2.49 bits per heavy atom. The van der Waals surface area contributed by atoms with Crippen LogP contribution in [-0.4, -0.2) is 101 Å². The molecule has 2 atom stereocenters. The maximum atomic E-state index is 13.2. The first-order valence-electron chi connectivity index (χ1n) is 13.6. The van der Waals surface area contributed by atoms with E-state index in [1.54, 1.807) is 14.2 Å². The van der Waals surface area contributed by atoms with Crippen LogP contribution in [0.1, 0.15) is 52.7 Å². The Kier molecular flexibility index (Phi) is 8.18. The maximum Gasteiger partial charge on any atom is 0.280 e. The van der Waals surface area contributed by atoms with Crippen LogP contribution in [0, 0.1) is 0 Å². The summed E-state index contributed by atoms with van der Waals surface area (Å²) >= 11 is 0. The van der Waals surface area contributed by atoms with E-state index < -0.39 is 0 Å². The van der Waals surface area contributed by atoms with Gasteiger partial charge in [0.15, 0.2) is 11.5 Å². The molecule has 39 heavy (non-hydrogen) atoms. The number of carbonyl (C=O) groups excluding carboxylic acids is 1. The summed E-state index contributed by atoms with van der Waals surface area (Å²) in [6.45, 7) is 5.35. The largest absolute Gasteiger partial charge is 0.493 e. The second-order valence-electron chi connectivity index (χ2n) is 10.3. The molecule has 0 aromatic heterocycles. The number of guanidine groups is 1. The van der Waals surface area contributed by atoms with E-state index in [0.29, 0.717) is 37.1 Å². The predicted octanol–water partition coefficient (Wildman–Crippen LogP) is 3.60. The summed E-state index contributed by atoms with van der Waals surface area (Å²) in [7, 11) is 7.23. The van der Waals surface area contributed by atoms with E-state index in [-0.39, 0.29) is 24.0 Å². The van der Waals surface area contributed by atoms with Crippen LogP contribution in [0.4, 0.5) is 0 Å². The van der Waals surface area contributed by atoms with Crippen LogP contribution in [-0.2, 0) is 9.47 Å². The second-order valence-corrected chi connectivity index (χ2v) is 10.3. The van der Waals surface area contributed by atoms with Gasteiger partial charge < -0.3 is 28.7 Å². The number of amides is 1. The van der Waals surface area contributed by atoms with Gasteiger partial charge in [0.1, 0.15) is 0 Å². The van der Waals surface area contributed by atoms with Crippen LogP contribution in [0.25, 0.3) is 0 Å². The van der Waals surface area contributed by atoms with Crippen LogP contribution in [0.2, 0.25) is 0 Å². The number of benzene rings is 2. The van der Waals surface area contributed by atoms with Crippen LogP contribution in [0.15, 0.2) is 46.4 Å². The highest BCUT2D eigenvalue weighted by molar-refractivity contribution is 6.15. The minimum atomic E-state index is -0.266. The summed E-state index contributed by atoms with van der Waals surface area (Å²) in [4.78, 5) is 26.8. The van der Waals surface area contributed by atoms with Crippen molar-refractivity contribution in [2.24, 2.45) is 9.98 Å². The number of carbonyl (C=O) groups is 1. The van der Waals surface area contributed by atoms with E-state index >= 15 is 0 Å². The first-order chi connectivity index (χ1) is 18.9. The molecule has 2 aromatic carbocycles. The molecule has 3 heterocycles. The van der Waals surface area contributed by atoms with Gasteiger partial charge in [-0.25, -0.2) is 0 Å². The first kappa shape index (κ1) is 27.1. The molecule has 208 valence electrons. The fraction of sp³-hybridized carbons (Fsp3) is 0.500. The van der Waals surface area contributed by atoms with Crippen molar-refractivity contribution >= 4 is 17.6 Å². The minimum absolute atomic E-state index is 0.0474. The lowest BCUT2D eigenvalue weighted by Gasteiger charge is -2.35. The molecule has 9 nitrogen and oxygen atoms in total. The van der Waals surface area contributed by atoms with Gasteiger partial charge in [0.25, 0.3) is 5.91 Å². The van der Waals surface area contributed by atoms with Gasteiger partial charge in [-0.2, -0.15) is 4.99 Å². The quantitative estimate of drug-likeness (QED) is 0.414. The Morgan fingerprint density at radius 1 is 1.10 bits per heavy atom. The van der Waals surface area contributed by atoms with E-state index in [9.17, 15) is 4.79 Å². The topological polar surface area (TPSA) is 85.2 Å². The van der Waals surface area contributed by atoms with Gasteiger partial charge in [-0.3, -0.25) is 9.79 Å². The molecule has 0 radical (unpaired) electrons. The Bertz CT molecular complexity index is 1250. The lowest BCUT2D eigenvalue weighted by atomic mass is 9.83. The van der Waals surface area contributed by atoms with E-state index in [1.807, 2.05) is 56.3 Å². The first-order valence-corrected chi connectivity index (χ1v) is 13.6. The Morgan fingerprint density at radius 2 is 1.85 bits per heavy atom. The van der Waals surface area contributed by atoms with Gasteiger partial charge in [-0.1, -0.05) is 12.1 Å². The summed E-state index contributed by atoms with van der Waals surface area (Å²) < 4.78 is 22.8. The lowest BCUT2D eigenvalue weighted by molar-refractivity contribution is 0.0556. The molecule has 5 rings (SSSR count). The van der Waals surface area contributed by atoms with E-state index in [4.69, 9.17) is 23.9 Å². The normalized spacial score (nSPS) is 21.2. The molecule has 2 aromatic rings. The van der Waals surface area contributed by atoms with Crippen LogP contribution >= 0.6 is 0 Å². The standard InChI is InChI=1S/C30H38N4O5/c1-6-39-27-15-22-23(16-26(27)37-5)28(31-25-18-38-17-24(22)25)19-7-9-20(10-8-19)29(35)32-30(33(2)3)34-13-11-21(36-4)12-14-34/h7-10,15-16,21,24-25H,6,11-14,17-18H2,1-5H3/t24-,25-/m1/s1. The average molecular weight is 535 g/mol. The van der Waals surface area contributed by atoms with Crippen LogP contribution in [0.3, 0.4) is 0 Å². The molecule has 0 unspecified atom stereocenters. The number of nitrogens with zero attached hydrogens (tertiary/aromatic N) is 4. The number of likely N-dealkylation sites (tertiary alicyclic amines) is 1. The van der Waals surface area contributed by atoms with Crippen molar-refractivity contribution in [3.05, 3.63) is 58.7 Å². The third kappa shape index (κ3) is 5.51. The maximum absolute atomic E-state index is 13.2. The molecule has 0 spiro atoms. The molecule has 0 aliphatic carbocycles. The highest BCUT2D eigenvalue weighted by Crippen LogP contribution is 2.42. The van der Waals surface area contributed by atoms with Crippen molar-refractivity contribution in [3.63, 3.8) is 0 Å². The van der Waals surface area contributed by atoms with Crippen molar-refractivity contribution in [1.29, 1.82) is 0 Å². The molecule has 9 heteroatoms. The number of hydrogen-bond donors (Lipinski definition) is 0. The summed E-state index contributed by atoms with van der Waals surface area (Å²) in [5, 5.41) is 0. The van der Waals surface area contributed by atoms with E-state index in [1.165, 1.54) is 0 Å². The number of piperidine rings is 1. The molecule has 0 saturated carbocycles. The molecule has 0 bridgehead atoms. The zero-order valence-electron chi connectivity index (χ0n) is 23.5. The lowest BCUT2D eigenvalue weighted by Crippen LogP contribution is -2.46. The van der Waals surface area contributed by atoms with Crippen LogP contribution in [0.5, 0.6) is 11.5 Å². The molecule has 2 saturated heterocycles. The van der Waals surface area contributed by atoms with Gasteiger partial charge in [-0.05, 0) is 49.6 Å². The Hall–Kier alpha value is -3.43. The zero-order chi connectivity index (χ0) is 27.5. The Balaban J connectivity index is 1.42. The number of hydrogen-bond acceptors (Lipinski definition) is 6. The molecular weight excluding hydrogens is 496 g/mol. The van der Waals surface area contributed by atoms with Gasteiger partial charge in [0, 0.05) is 56.9 Å². The monoisotopic (exact) mass is 534 g/mol. The number of ether oxygens (including phenoxy) is 4. The third-order valence-corrected chi connectivity index (χ3v) is 7.70. The number of rotatable bonds is 6. The SMILES string of the molecule is CCOc1cc2c(cc1OC)C(c1ccc(C(=O)N=C(N(C)C)N3CCC(OC)CC3)cc1)=N[C@@H]1COC[C@H]21. The summed E-state index contributed by atoms with van der Waals surface area (Å²) in [6, 6.07) is 11.7. The van der Waals surface area contributed by atoms with E-state index in [2.05, 4.69) is 16.0 Å². The smallest absolute Gasteiger partial charge is 0.280 e. The summed E-state index contributed by atoms with van der Waals surface area (Å²) in [5.74, 6) is 1.99. The average Bonchev–Trinajstić information content (AvgIpc) is 3.44. The number of fused-ring (bicyclic) bond motifs is 3. The van der Waals surface area contributed by atoms with Crippen molar-refractivity contribution in [3.8, 4) is 11.5 Å². The number of methoxy groups -OCH3 is 2. The molecule has 3 aliphatic heterocycles. The predicted molar refractivity (Wildman–Crippen MR) is 151 cm³/mol. The fourth-order valence-electron chi connectivity index (χ4n) is 5.62. The Labute approximate surface area is 230 Å². The van der Waals surface area contributed by atoms with Gasteiger partial charge in [0.2, 0.25) is 5.96 Å². The zero-order valence-corrected chi connectivity index (χ0v) is 23.5. The van der Waals surface area contributed by atoms with Gasteiger partial charge in [-0.15, -0.1) is 0 Å². The van der Waals surface area contributed by atoms with Crippen molar-refractivity contribution < 1.29 is 23.7 Å². The summed E-state index contributed by atoms with van der Waals surface area (Å²) in [5.41, 5.74) is 4.50. The molecular formula is C30H38N4O5. The molecule has 3 aliphatic rings. The highest BCUT2D eigenvalue weighted by atomic mass is 16.5. The van der Waals surface area contributed by atoms with Gasteiger partial charge >= 0.3 is 0 Å². The minimum Gasteiger partial charge on any atom is -0.493 e. The highest BCUT2D eigenvalue weighted by Gasteiger charge is 2.37. The fourth-order valence-corrected chi connectivity index (χ4v) is 5.62. The van der Waals surface area contributed by atoms with Crippen molar-refractivity contribution in [1.82, 2.24) is 9.80 Å². The molecule has 2 fully saturated rings. The second kappa shape index (κ2) is 11.8. The van der Waals surface area contributed by atoms with Crippen molar-refractivity contribution in [2.75, 3.05) is 61.2 Å². The molecule has 0 N–H and O–H groups in total. The van der Waals surface area contributed by atoms with Gasteiger partial charge in [0.05, 0.1) is 44.8 Å². The third-order valence-electron chi connectivity index (χ3n) is 7.70. The molecule has 1 amide bonds. The number of aliphatic imine (C=N–C) groups is 2. The van der Waals surface area contributed by atoms with E-state index in [0.717, 1.165) is 54.1 Å².